The van der Waals surface area contributed by atoms with Crippen LogP contribution in [-0.4, -0.2) is 22.7 Å². The SMILES string of the molecule is CC(O)CC(C)CNCc1cc2ccccc2[nH]c1=O. The zero-order valence-electron chi connectivity index (χ0n) is 12.0. The molecule has 1 aromatic heterocycles. The molecule has 0 aliphatic heterocycles. The van der Waals surface area contributed by atoms with Crippen molar-refractivity contribution in [2.45, 2.75) is 32.9 Å². The number of rotatable bonds is 6. The second-order valence-corrected chi connectivity index (χ2v) is 5.53. The van der Waals surface area contributed by atoms with Crippen molar-refractivity contribution in [3.8, 4) is 0 Å². The molecule has 0 spiro atoms. The fourth-order valence-corrected chi connectivity index (χ4v) is 2.44. The number of hydrogen-bond acceptors (Lipinski definition) is 3. The van der Waals surface area contributed by atoms with Crippen LogP contribution in [0, 0.1) is 5.92 Å². The minimum Gasteiger partial charge on any atom is -0.393 e. The molecular weight excluding hydrogens is 252 g/mol. The molecule has 0 bridgehead atoms. The van der Waals surface area contributed by atoms with Crippen LogP contribution in [0.15, 0.2) is 35.1 Å². The summed E-state index contributed by atoms with van der Waals surface area (Å²) in [6, 6.07) is 9.69. The zero-order valence-corrected chi connectivity index (χ0v) is 12.0. The summed E-state index contributed by atoms with van der Waals surface area (Å²) in [6.45, 7) is 5.22. The number of fused-ring (bicyclic) bond motifs is 1. The summed E-state index contributed by atoms with van der Waals surface area (Å²) in [4.78, 5) is 14.8. The molecular formula is C16H22N2O2. The van der Waals surface area contributed by atoms with Gasteiger partial charge in [-0.3, -0.25) is 4.79 Å². The predicted molar refractivity (Wildman–Crippen MR) is 81.7 cm³/mol. The number of aromatic nitrogens is 1. The molecule has 0 amide bonds. The average Bonchev–Trinajstić information content (AvgIpc) is 2.38. The van der Waals surface area contributed by atoms with Crippen LogP contribution in [0.3, 0.4) is 0 Å². The molecule has 0 aliphatic rings. The highest BCUT2D eigenvalue weighted by Gasteiger charge is 2.07. The van der Waals surface area contributed by atoms with E-state index in [4.69, 9.17) is 0 Å². The van der Waals surface area contributed by atoms with Crippen LogP contribution >= 0.6 is 0 Å². The topological polar surface area (TPSA) is 65.1 Å². The largest absolute Gasteiger partial charge is 0.393 e. The average molecular weight is 274 g/mol. The lowest BCUT2D eigenvalue weighted by molar-refractivity contribution is 0.163. The number of hydrogen-bond donors (Lipinski definition) is 3. The lowest BCUT2D eigenvalue weighted by Crippen LogP contribution is -2.26. The summed E-state index contributed by atoms with van der Waals surface area (Å²) in [5.41, 5.74) is 1.57. The Hall–Kier alpha value is -1.65. The molecule has 0 aliphatic carbocycles. The fraction of sp³-hybridized carbons (Fsp3) is 0.438. The Morgan fingerprint density at radius 2 is 2.05 bits per heavy atom. The lowest BCUT2D eigenvalue weighted by atomic mass is 10.0. The molecule has 2 unspecified atom stereocenters. The smallest absolute Gasteiger partial charge is 0.252 e. The summed E-state index contributed by atoms with van der Waals surface area (Å²) < 4.78 is 0. The van der Waals surface area contributed by atoms with E-state index in [2.05, 4.69) is 17.2 Å². The highest BCUT2D eigenvalue weighted by molar-refractivity contribution is 5.78. The van der Waals surface area contributed by atoms with Gasteiger partial charge < -0.3 is 15.4 Å². The number of benzene rings is 1. The first kappa shape index (κ1) is 14.8. The molecule has 2 aromatic rings. The maximum absolute atomic E-state index is 12.0. The third kappa shape index (κ3) is 3.92. The van der Waals surface area contributed by atoms with Crippen molar-refractivity contribution in [3.05, 3.63) is 46.2 Å². The molecule has 0 saturated carbocycles. The van der Waals surface area contributed by atoms with E-state index < -0.39 is 0 Å². The third-order valence-electron chi connectivity index (χ3n) is 3.38. The molecule has 1 aromatic carbocycles. The summed E-state index contributed by atoms with van der Waals surface area (Å²) >= 11 is 0. The van der Waals surface area contributed by atoms with E-state index in [1.54, 1.807) is 6.92 Å². The van der Waals surface area contributed by atoms with Gasteiger partial charge in [0.2, 0.25) is 0 Å². The normalized spacial score (nSPS) is 14.3. The highest BCUT2D eigenvalue weighted by atomic mass is 16.3. The van der Waals surface area contributed by atoms with E-state index in [0.717, 1.165) is 29.4 Å². The van der Waals surface area contributed by atoms with Gasteiger partial charge in [-0.1, -0.05) is 25.1 Å². The van der Waals surface area contributed by atoms with E-state index in [9.17, 15) is 9.90 Å². The van der Waals surface area contributed by atoms with Crippen molar-refractivity contribution in [1.82, 2.24) is 10.3 Å². The van der Waals surface area contributed by atoms with Gasteiger partial charge in [-0.15, -0.1) is 0 Å². The monoisotopic (exact) mass is 274 g/mol. The number of aliphatic hydroxyl groups is 1. The Morgan fingerprint density at radius 1 is 1.30 bits per heavy atom. The second kappa shape index (κ2) is 6.68. The predicted octanol–water partition coefficient (Wildman–Crippen LogP) is 2.02. The minimum atomic E-state index is -0.282. The number of nitrogens with one attached hydrogen (secondary N) is 2. The van der Waals surface area contributed by atoms with Crippen LogP contribution in [0.5, 0.6) is 0 Å². The summed E-state index contributed by atoms with van der Waals surface area (Å²) in [5, 5.41) is 13.6. The third-order valence-corrected chi connectivity index (χ3v) is 3.38. The van der Waals surface area contributed by atoms with Gasteiger partial charge in [-0.05, 0) is 43.3 Å². The van der Waals surface area contributed by atoms with Gasteiger partial charge in [-0.2, -0.15) is 0 Å². The molecule has 3 N–H and O–H groups in total. The van der Waals surface area contributed by atoms with Crippen LogP contribution in [0.1, 0.15) is 25.8 Å². The van der Waals surface area contributed by atoms with Gasteiger partial charge in [-0.25, -0.2) is 0 Å². The Labute approximate surface area is 118 Å². The maximum atomic E-state index is 12.0. The Bertz CT molecular complexity index is 619. The number of pyridine rings is 1. The Balaban J connectivity index is 1.99. The quantitative estimate of drug-likeness (QED) is 0.755. The molecule has 0 saturated heterocycles. The van der Waals surface area contributed by atoms with Crippen molar-refractivity contribution in [3.63, 3.8) is 0 Å². The first-order chi connectivity index (χ1) is 9.56. The Kier molecular flexibility index (Phi) is 4.93. The highest BCUT2D eigenvalue weighted by Crippen LogP contribution is 2.10. The fourth-order valence-electron chi connectivity index (χ4n) is 2.44. The van der Waals surface area contributed by atoms with Crippen molar-refractivity contribution < 1.29 is 5.11 Å². The minimum absolute atomic E-state index is 0.0422. The van der Waals surface area contributed by atoms with E-state index >= 15 is 0 Å². The van der Waals surface area contributed by atoms with Crippen LogP contribution < -0.4 is 10.9 Å². The second-order valence-electron chi connectivity index (χ2n) is 5.53. The number of H-pyrrole nitrogens is 1. The number of aliphatic hydroxyl groups excluding tert-OH is 1. The maximum Gasteiger partial charge on any atom is 0.252 e. The van der Waals surface area contributed by atoms with Crippen molar-refractivity contribution in [1.29, 1.82) is 0 Å². The van der Waals surface area contributed by atoms with Gasteiger partial charge in [0.15, 0.2) is 0 Å². The first-order valence-corrected chi connectivity index (χ1v) is 7.06. The van der Waals surface area contributed by atoms with Crippen LogP contribution in [0.4, 0.5) is 0 Å². The summed E-state index contributed by atoms with van der Waals surface area (Å²) in [6.07, 6.45) is 0.483. The number of aromatic amines is 1. The summed E-state index contributed by atoms with van der Waals surface area (Å²) in [5.74, 6) is 0.384. The molecule has 1 heterocycles. The lowest BCUT2D eigenvalue weighted by Gasteiger charge is -2.14. The molecule has 108 valence electrons. The van der Waals surface area contributed by atoms with Crippen molar-refractivity contribution in [2.24, 2.45) is 5.92 Å². The van der Waals surface area contributed by atoms with E-state index in [1.807, 2.05) is 30.3 Å². The zero-order chi connectivity index (χ0) is 14.5. The standard InChI is InChI=1S/C16H22N2O2/c1-11(7-12(2)19)9-17-10-14-8-13-5-3-4-6-15(13)18-16(14)20/h3-6,8,11-12,17,19H,7,9-10H2,1-2H3,(H,18,20). The summed E-state index contributed by atoms with van der Waals surface area (Å²) in [7, 11) is 0. The molecule has 0 radical (unpaired) electrons. The molecule has 20 heavy (non-hydrogen) atoms. The van der Waals surface area contributed by atoms with E-state index in [1.165, 1.54) is 0 Å². The van der Waals surface area contributed by atoms with Gasteiger partial charge >= 0.3 is 0 Å². The van der Waals surface area contributed by atoms with E-state index in [-0.39, 0.29) is 11.7 Å². The van der Waals surface area contributed by atoms with E-state index in [0.29, 0.717) is 12.5 Å². The molecule has 2 rings (SSSR count). The Morgan fingerprint density at radius 3 is 2.80 bits per heavy atom. The van der Waals surface area contributed by atoms with Crippen LogP contribution in [-0.2, 0) is 6.54 Å². The first-order valence-electron chi connectivity index (χ1n) is 7.06. The van der Waals surface area contributed by atoms with Crippen LogP contribution in [0.2, 0.25) is 0 Å². The van der Waals surface area contributed by atoms with Gasteiger partial charge in [0.05, 0.1) is 6.10 Å². The van der Waals surface area contributed by atoms with Gasteiger partial charge in [0.25, 0.3) is 5.56 Å². The molecule has 4 heteroatoms. The van der Waals surface area contributed by atoms with Crippen LogP contribution in [0.25, 0.3) is 10.9 Å². The van der Waals surface area contributed by atoms with Gasteiger partial charge in [0.1, 0.15) is 0 Å². The molecule has 0 fully saturated rings. The molecule has 2 atom stereocenters. The van der Waals surface area contributed by atoms with Crippen molar-refractivity contribution in [2.75, 3.05) is 6.54 Å². The molecule has 4 nitrogen and oxygen atoms in total. The van der Waals surface area contributed by atoms with Crippen molar-refractivity contribution >= 4 is 10.9 Å². The number of para-hydroxylation sites is 1. The van der Waals surface area contributed by atoms with Gasteiger partial charge in [0, 0.05) is 17.6 Å².